The summed E-state index contributed by atoms with van der Waals surface area (Å²) < 4.78 is 26.1. The zero-order valence-corrected chi connectivity index (χ0v) is 24.0. The second kappa shape index (κ2) is 11.8. The molecule has 1 amide bonds. The van der Waals surface area contributed by atoms with Crippen LogP contribution in [0.4, 0.5) is 4.39 Å². The van der Waals surface area contributed by atoms with Crippen LogP contribution < -0.4 is 14.9 Å². The van der Waals surface area contributed by atoms with Crippen molar-refractivity contribution in [3.8, 4) is 22.6 Å². The number of hydrazone groups is 1. The van der Waals surface area contributed by atoms with Gasteiger partial charge in [-0.2, -0.15) is 5.10 Å². The molecule has 0 atom stereocenters. The lowest BCUT2D eigenvalue weighted by Crippen LogP contribution is -2.19. The molecule has 0 unspecified atom stereocenters. The number of nitrogens with zero attached hydrogens (tertiary/aromatic N) is 1. The van der Waals surface area contributed by atoms with E-state index in [9.17, 15) is 14.0 Å². The molecule has 40 heavy (non-hydrogen) atoms. The van der Waals surface area contributed by atoms with Crippen LogP contribution >= 0.6 is 31.9 Å². The van der Waals surface area contributed by atoms with E-state index in [0.717, 1.165) is 5.56 Å². The molecule has 0 aliphatic rings. The Hall–Kier alpha value is -4.28. The number of hydrogen-bond acceptors (Lipinski definition) is 5. The quantitative estimate of drug-likeness (QED) is 0.0816. The first-order valence-electron chi connectivity index (χ1n) is 11.9. The zero-order valence-electron chi connectivity index (χ0n) is 20.9. The minimum absolute atomic E-state index is 0.208. The Morgan fingerprint density at radius 2 is 1.77 bits per heavy atom. The summed E-state index contributed by atoms with van der Waals surface area (Å²) in [4.78, 5) is 29.2. The zero-order chi connectivity index (χ0) is 28.2. The molecule has 1 aromatic heterocycles. The standard InChI is InChI=1S/C30H20Br2FN3O4/c1-39-22-9-5-8-18(13-22)30(38)40-28-19(12-20(31)14-24(28)32)16-34-36-29(37)27-26(17-6-3-2-4-7-17)23-15-21(33)10-11-25(23)35-27/h2-16,35H,1H3,(H,36,37). The number of methoxy groups -OCH3 is 1. The number of benzene rings is 4. The Balaban J connectivity index is 1.43. The highest BCUT2D eigenvalue weighted by Gasteiger charge is 2.20. The number of carbonyl (C=O) groups excluding carboxylic acids is 2. The maximum Gasteiger partial charge on any atom is 0.343 e. The van der Waals surface area contributed by atoms with Crippen molar-refractivity contribution in [1.82, 2.24) is 10.4 Å². The van der Waals surface area contributed by atoms with Crippen LogP contribution in [-0.2, 0) is 0 Å². The van der Waals surface area contributed by atoms with Crippen molar-refractivity contribution < 1.29 is 23.5 Å². The van der Waals surface area contributed by atoms with Crippen LogP contribution in [0.25, 0.3) is 22.0 Å². The molecule has 0 aliphatic carbocycles. The first-order chi connectivity index (χ1) is 19.3. The maximum atomic E-state index is 14.1. The van der Waals surface area contributed by atoms with Crippen LogP contribution in [0.15, 0.2) is 99.0 Å². The fourth-order valence-corrected chi connectivity index (χ4v) is 5.48. The fraction of sp³-hybridized carbons (Fsp3) is 0.0333. The average Bonchev–Trinajstić information content (AvgIpc) is 3.34. The first-order valence-corrected chi connectivity index (χ1v) is 13.5. The predicted molar refractivity (Wildman–Crippen MR) is 159 cm³/mol. The average molecular weight is 665 g/mol. The summed E-state index contributed by atoms with van der Waals surface area (Å²) in [5.41, 5.74) is 5.37. The van der Waals surface area contributed by atoms with Gasteiger partial charge < -0.3 is 14.5 Å². The van der Waals surface area contributed by atoms with Gasteiger partial charge in [-0.1, -0.05) is 52.3 Å². The van der Waals surface area contributed by atoms with Crippen LogP contribution in [0.2, 0.25) is 0 Å². The molecule has 0 radical (unpaired) electrons. The van der Waals surface area contributed by atoms with Crippen molar-refractivity contribution in [2.45, 2.75) is 0 Å². The molecule has 0 saturated carbocycles. The number of aromatic nitrogens is 1. The normalized spacial score (nSPS) is 11.1. The second-order valence-corrected chi connectivity index (χ2v) is 10.3. The van der Waals surface area contributed by atoms with E-state index >= 15 is 0 Å². The van der Waals surface area contributed by atoms with Crippen LogP contribution in [0.1, 0.15) is 26.4 Å². The van der Waals surface area contributed by atoms with Crippen molar-refractivity contribution in [3.05, 3.63) is 117 Å². The summed E-state index contributed by atoms with van der Waals surface area (Å²) >= 11 is 6.85. The molecule has 4 aromatic carbocycles. The predicted octanol–water partition coefficient (Wildman–Crippen LogP) is 7.49. The van der Waals surface area contributed by atoms with Crippen molar-refractivity contribution in [3.63, 3.8) is 0 Å². The van der Waals surface area contributed by atoms with Gasteiger partial charge in [0.05, 0.1) is 23.4 Å². The monoisotopic (exact) mass is 663 g/mol. The molecule has 2 N–H and O–H groups in total. The summed E-state index contributed by atoms with van der Waals surface area (Å²) in [7, 11) is 1.51. The third-order valence-electron chi connectivity index (χ3n) is 5.96. The highest BCUT2D eigenvalue weighted by molar-refractivity contribution is 9.11. The van der Waals surface area contributed by atoms with Gasteiger partial charge in [0, 0.05) is 26.5 Å². The first kappa shape index (κ1) is 27.3. The molecule has 7 nitrogen and oxygen atoms in total. The molecule has 0 aliphatic heterocycles. The van der Waals surface area contributed by atoms with Crippen LogP contribution in [-0.4, -0.2) is 30.2 Å². The number of hydrogen-bond donors (Lipinski definition) is 2. The summed E-state index contributed by atoms with van der Waals surface area (Å²) in [6.07, 6.45) is 1.37. The van der Waals surface area contributed by atoms with Crippen molar-refractivity contribution in [1.29, 1.82) is 0 Å². The Labute approximate surface area is 245 Å². The number of halogens is 3. The van der Waals surface area contributed by atoms with Crippen LogP contribution in [0.5, 0.6) is 11.5 Å². The van der Waals surface area contributed by atoms with Gasteiger partial charge in [-0.3, -0.25) is 4.79 Å². The van der Waals surface area contributed by atoms with Gasteiger partial charge in [0.15, 0.2) is 5.75 Å². The van der Waals surface area contributed by atoms with Gasteiger partial charge in [-0.25, -0.2) is 14.6 Å². The van der Waals surface area contributed by atoms with E-state index in [4.69, 9.17) is 9.47 Å². The third kappa shape index (κ3) is 5.83. The summed E-state index contributed by atoms with van der Waals surface area (Å²) in [6.45, 7) is 0. The van der Waals surface area contributed by atoms with E-state index in [1.165, 1.54) is 25.5 Å². The van der Waals surface area contributed by atoms with Crippen LogP contribution in [0.3, 0.4) is 0 Å². The van der Waals surface area contributed by atoms with Gasteiger partial charge in [0.2, 0.25) is 0 Å². The molecule has 5 aromatic rings. The number of rotatable bonds is 7. The highest BCUT2D eigenvalue weighted by atomic mass is 79.9. The van der Waals surface area contributed by atoms with E-state index in [1.54, 1.807) is 42.5 Å². The number of esters is 1. The lowest BCUT2D eigenvalue weighted by atomic mass is 10.0. The van der Waals surface area contributed by atoms with E-state index < -0.39 is 17.7 Å². The number of ether oxygens (including phenoxy) is 2. The molecule has 0 saturated heterocycles. The Bertz CT molecular complexity index is 1770. The smallest absolute Gasteiger partial charge is 0.343 e. The van der Waals surface area contributed by atoms with E-state index in [-0.39, 0.29) is 11.4 Å². The second-order valence-electron chi connectivity index (χ2n) is 8.56. The van der Waals surface area contributed by atoms with E-state index in [2.05, 4.69) is 47.4 Å². The fourth-order valence-electron chi connectivity index (χ4n) is 4.14. The number of aromatic amines is 1. The SMILES string of the molecule is COc1cccc(C(=O)Oc2c(Br)cc(Br)cc2C=NNC(=O)c2[nH]c3ccc(F)cc3c2-c2ccccc2)c1. The Morgan fingerprint density at radius 3 is 2.55 bits per heavy atom. The highest BCUT2D eigenvalue weighted by Crippen LogP contribution is 2.34. The number of H-pyrrole nitrogens is 1. The number of amides is 1. The topological polar surface area (TPSA) is 92.8 Å². The van der Waals surface area contributed by atoms with Gasteiger partial charge in [0.1, 0.15) is 17.3 Å². The van der Waals surface area contributed by atoms with Crippen molar-refractivity contribution in [2.24, 2.45) is 5.10 Å². The molecule has 0 spiro atoms. The Morgan fingerprint density at radius 1 is 0.975 bits per heavy atom. The molecule has 200 valence electrons. The number of carbonyl (C=O) groups is 2. The van der Waals surface area contributed by atoms with Gasteiger partial charge in [-0.05, 0) is 70.0 Å². The molecule has 0 fully saturated rings. The minimum atomic E-state index is -0.599. The summed E-state index contributed by atoms with van der Waals surface area (Å²) in [5, 5.41) is 4.69. The summed E-state index contributed by atoms with van der Waals surface area (Å²) in [6, 6.07) is 23.5. The molecular formula is C30H20Br2FN3O4. The van der Waals surface area contributed by atoms with E-state index in [1.807, 2.05) is 30.3 Å². The lowest BCUT2D eigenvalue weighted by Gasteiger charge is -2.11. The molecule has 1 heterocycles. The minimum Gasteiger partial charge on any atom is -0.497 e. The van der Waals surface area contributed by atoms with Gasteiger partial charge >= 0.3 is 5.97 Å². The van der Waals surface area contributed by atoms with Gasteiger partial charge in [0.25, 0.3) is 5.91 Å². The maximum absolute atomic E-state index is 14.1. The summed E-state index contributed by atoms with van der Waals surface area (Å²) in [5.74, 6) is -0.817. The molecule has 10 heteroatoms. The molecule has 0 bridgehead atoms. The van der Waals surface area contributed by atoms with Crippen LogP contribution in [0, 0.1) is 5.82 Å². The van der Waals surface area contributed by atoms with Gasteiger partial charge in [-0.15, -0.1) is 0 Å². The largest absolute Gasteiger partial charge is 0.497 e. The molecular weight excluding hydrogens is 645 g/mol. The lowest BCUT2D eigenvalue weighted by molar-refractivity contribution is 0.0732. The number of fused-ring (bicyclic) bond motifs is 1. The Kier molecular flexibility index (Phi) is 8.09. The van der Waals surface area contributed by atoms with Crippen molar-refractivity contribution >= 4 is 60.9 Å². The van der Waals surface area contributed by atoms with E-state index in [0.29, 0.717) is 42.3 Å². The van der Waals surface area contributed by atoms with Crippen molar-refractivity contribution in [2.75, 3.05) is 7.11 Å². The number of nitrogens with one attached hydrogen (secondary N) is 2. The molecule has 5 rings (SSSR count). The third-order valence-corrected chi connectivity index (χ3v) is 7.00.